The molecule has 0 aromatic heterocycles. The van der Waals surface area contributed by atoms with E-state index >= 15 is 0 Å². The Morgan fingerprint density at radius 3 is 1.89 bits per heavy atom. The minimum atomic E-state index is -1.90. The first kappa shape index (κ1) is 26.5. The predicted molar refractivity (Wildman–Crippen MR) is 136 cm³/mol. The van der Waals surface area contributed by atoms with Crippen LogP contribution in [0.1, 0.15) is 27.4 Å². The van der Waals surface area contributed by atoms with Gasteiger partial charge in [-0.1, -0.05) is 42.5 Å². The van der Waals surface area contributed by atoms with Crippen LogP contribution >= 0.6 is 0 Å². The van der Waals surface area contributed by atoms with Crippen molar-refractivity contribution in [2.24, 2.45) is 5.92 Å². The molecular weight excluding hydrogens is 492 g/mol. The van der Waals surface area contributed by atoms with E-state index in [1.807, 2.05) is 0 Å². The predicted octanol–water partition coefficient (Wildman–Crippen LogP) is 3.93. The summed E-state index contributed by atoms with van der Waals surface area (Å²) in [5, 5.41) is 0. The second-order valence-corrected chi connectivity index (χ2v) is 8.51. The van der Waals surface area contributed by atoms with Gasteiger partial charge in [-0.15, -0.1) is 0 Å². The molecule has 2 atom stereocenters. The number of rotatable bonds is 9. The largest absolute Gasteiger partial charge is 0.497 e. The molecule has 3 aromatic carbocycles. The molecule has 1 aliphatic rings. The van der Waals surface area contributed by atoms with Crippen LogP contribution in [0.15, 0.2) is 66.7 Å². The highest BCUT2D eigenvalue weighted by atomic mass is 16.5. The number of fused-ring (bicyclic) bond motifs is 1. The number of hydrogen-bond donors (Lipinski definition) is 0. The molecule has 198 valence electrons. The quantitative estimate of drug-likeness (QED) is 0.306. The molecule has 0 fully saturated rings. The van der Waals surface area contributed by atoms with Gasteiger partial charge in [0, 0.05) is 17.7 Å². The van der Waals surface area contributed by atoms with Crippen LogP contribution < -0.4 is 18.9 Å². The number of hydrogen-bond acceptors (Lipinski definition) is 9. The highest BCUT2D eigenvalue weighted by molar-refractivity contribution is 6.12. The Bertz CT molecular complexity index is 1320. The van der Waals surface area contributed by atoms with Crippen LogP contribution in [0.4, 0.5) is 0 Å². The van der Waals surface area contributed by atoms with Gasteiger partial charge < -0.3 is 28.4 Å². The minimum absolute atomic E-state index is 0.151. The molecule has 0 saturated carbocycles. The molecule has 0 N–H and O–H groups in total. The summed E-state index contributed by atoms with van der Waals surface area (Å²) in [5.41, 5.74) is -0.884. The summed E-state index contributed by atoms with van der Waals surface area (Å²) in [5.74, 6) is -3.69. The molecule has 0 bridgehead atoms. The summed E-state index contributed by atoms with van der Waals surface area (Å²) in [6.07, 6.45) is 0. The van der Waals surface area contributed by atoms with Gasteiger partial charge in [0.05, 0.1) is 41.5 Å². The van der Waals surface area contributed by atoms with Crippen LogP contribution in [0.25, 0.3) is 0 Å². The van der Waals surface area contributed by atoms with Crippen LogP contribution in [0.5, 0.6) is 23.0 Å². The summed E-state index contributed by atoms with van der Waals surface area (Å²) < 4.78 is 32.9. The van der Waals surface area contributed by atoms with Crippen molar-refractivity contribution in [3.63, 3.8) is 0 Å². The van der Waals surface area contributed by atoms with Gasteiger partial charge in [0.2, 0.25) is 11.4 Å². The fourth-order valence-electron chi connectivity index (χ4n) is 4.91. The monoisotopic (exact) mass is 520 g/mol. The second-order valence-electron chi connectivity index (χ2n) is 8.51. The van der Waals surface area contributed by atoms with E-state index in [0.717, 1.165) is 0 Å². The standard InChI is InChI=1S/C29H28O9/c1-33-19-13-11-18(12-14-19)29(26(30)23-21(35-3)15-20(34-2)16-22(23)38-29)25(17-9-7-6-8-10-17)24(27(31)36-4)28(32)37-5/h6-16,24-25H,1-5H3/t25-,29+/m1/s1. The highest BCUT2D eigenvalue weighted by Gasteiger charge is 2.61. The zero-order valence-corrected chi connectivity index (χ0v) is 21.7. The number of benzene rings is 3. The Morgan fingerprint density at radius 2 is 1.37 bits per heavy atom. The molecule has 3 aromatic rings. The zero-order chi connectivity index (χ0) is 27.4. The lowest BCUT2D eigenvalue weighted by Gasteiger charge is -2.38. The molecule has 0 amide bonds. The van der Waals surface area contributed by atoms with Gasteiger partial charge in [0.25, 0.3) is 0 Å². The van der Waals surface area contributed by atoms with Crippen molar-refractivity contribution in [1.82, 2.24) is 0 Å². The maximum absolute atomic E-state index is 14.6. The van der Waals surface area contributed by atoms with E-state index < -0.39 is 35.2 Å². The van der Waals surface area contributed by atoms with Crippen molar-refractivity contribution < 1.29 is 42.8 Å². The first-order valence-corrected chi connectivity index (χ1v) is 11.7. The summed E-state index contributed by atoms with van der Waals surface area (Å²) in [4.78, 5) is 41.0. The van der Waals surface area contributed by atoms with E-state index in [0.29, 0.717) is 22.6 Å². The Balaban J connectivity index is 2.09. The molecule has 4 rings (SSSR count). The van der Waals surface area contributed by atoms with E-state index in [9.17, 15) is 14.4 Å². The maximum Gasteiger partial charge on any atom is 0.320 e. The van der Waals surface area contributed by atoms with Gasteiger partial charge in [-0.3, -0.25) is 14.4 Å². The van der Waals surface area contributed by atoms with Crippen LogP contribution in [0.3, 0.4) is 0 Å². The van der Waals surface area contributed by atoms with Crippen molar-refractivity contribution in [2.75, 3.05) is 35.5 Å². The van der Waals surface area contributed by atoms with E-state index in [2.05, 4.69) is 0 Å². The summed E-state index contributed by atoms with van der Waals surface area (Å²) >= 11 is 0. The number of esters is 2. The van der Waals surface area contributed by atoms with Gasteiger partial charge in [-0.2, -0.15) is 0 Å². The van der Waals surface area contributed by atoms with Gasteiger partial charge >= 0.3 is 11.9 Å². The number of methoxy groups -OCH3 is 5. The molecule has 0 saturated heterocycles. The molecule has 0 spiro atoms. The average molecular weight is 521 g/mol. The smallest absolute Gasteiger partial charge is 0.320 e. The molecule has 9 nitrogen and oxygen atoms in total. The number of carbonyl (C=O) groups excluding carboxylic acids is 3. The maximum atomic E-state index is 14.6. The SMILES string of the molecule is COC(=O)C(C(=O)OC)[C@@H](c1ccccc1)[C@]1(c2ccc(OC)cc2)Oc2cc(OC)cc(OC)c2C1=O. The molecule has 1 aliphatic heterocycles. The van der Waals surface area contributed by atoms with Crippen LogP contribution in [-0.4, -0.2) is 53.3 Å². The topological polar surface area (TPSA) is 107 Å². The van der Waals surface area contributed by atoms with E-state index in [4.69, 9.17) is 28.4 Å². The van der Waals surface area contributed by atoms with Crippen LogP contribution in [0, 0.1) is 5.92 Å². The first-order valence-electron chi connectivity index (χ1n) is 11.7. The lowest BCUT2D eigenvalue weighted by molar-refractivity contribution is -0.162. The van der Waals surface area contributed by atoms with Crippen LogP contribution in [0.2, 0.25) is 0 Å². The van der Waals surface area contributed by atoms with Crippen molar-refractivity contribution >= 4 is 17.7 Å². The molecule has 0 aliphatic carbocycles. The van der Waals surface area contributed by atoms with Gasteiger partial charge in [-0.05, 0) is 17.7 Å². The zero-order valence-electron chi connectivity index (χ0n) is 21.7. The van der Waals surface area contributed by atoms with Gasteiger partial charge in [0.15, 0.2) is 5.92 Å². The lowest BCUT2D eigenvalue weighted by atomic mass is 9.68. The molecular formula is C29H28O9. The van der Waals surface area contributed by atoms with Crippen molar-refractivity contribution in [1.29, 1.82) is 0 Å². The molecule has 9 heteroatoms. The number of ketones is 1. The average Bonchev–Trinajstić information content (AvgIpc) is 3.27. The van der Waals surface area contributed by atoms with Crippen molar-refractivity contribution in [3.05, 3.63) is 83.4 Å². The summed E-state index contributed by atoms with van der Waals surface area (Å²) in [6.45, 7) is 0. The summed E-state index contributed by atoms with van der Waals surface area (Å²) in [7, 11) is 6.76. The van der Waals surface area contributed by atoms with Crippen LogP contribution in [-0.2, 0) is 24.7 Å². The first-order chi connectivity index (χ1) is 18.4. The third kappa shape index (κ3) is 4.30. The minimum Gasteiger partial charge on any atom is -0.497 e. The second kappa shape index (κ2) is 10.8. The van der Waals surface area contributed by atoms with E-state index in [-0.39, 0.29) is 17.1 Å². The lowest BCUT2D eigenvalue weighted by Crippen LogP contribution is -2.50. The number of ether oxygens (including phenoxy) is 6. The Kier molecular flexibility index (Phi) is 7.57. The summed E-state index contributed by atoms with van der Waals surface area (Å²) in [6, 6.07) is 18.5. The molecule has 0 unspecified atom stereocenters. The Morgan fingerprint density at radius 1 is 0.763 bits per heavy atom. The normalized spacial score (nSPS) is 16.7. The third-order valence-electron chi connectivity index (χ3n) is 6.69. The van der Waals surface area contributed by atoms with E-state index in [1.54, 1.807) is 66.7 Å². The number of carbonyl (C=O) groups is 3. The van der Waals surface area contributed by atoms with Gasteiger partial charge in [0.1, 0.15) is 28.6 Å². The molecule has 0 radical (unpaired) electrons. The highest BCUT2D eigenvalue weighted by Crippen LogP contribution is 2.55. The van der Waals surface area contributed by atoms with Gasteiger partial charge in [-0.25, -0.2) is 0 Å². The third-order valence-corrected chi connectivity index (χ3v) is 6.69. The van der Waals surface area contributed by atoms with Crippen molar-refractivity contribution in [3.8, 4) is 23.0 Å². The Labute approximate surface area is 220 Å². The molecule has 38 heavy (non-hydrogen) atoms. The Hall–Kier alpha value is -4.53. The fraction of sp³-hybridized carbons (Fsp3) is 0.276. The number of Topliss-reactive ketones (excluding diaryl/α,β-unsaturated/α-hetero) is 1. The molecule has 1 heterocycles. The van der Waals surface area contributed by atoms with Crippen molar-refractivity contribution in [2.45, 2.75) is 11.5 Å². The van der Waals surface area contributed by atoms with E-state index in [1.165, 1.54) is 35.5 Å². The fourth-order valence-corrected chi connectivity index (χ4v) is 4.91.